The summed E-state index contributed by atoms with van der Waals surface area (Å²) < 4.78 is 46.8. The molecule has 1 spiro atoms. The molecule has 4 aromatic rings. The van der Waals surface area contributed by atoms with E-state index in [1.807, 2.05) is 36.4 Å². The van der Waals surface area contributed by atoms with E-state index in [2.05, 4.69) is 37.9 Å². The Bertz CT molecular complexity index is 1610. The van der Waals surface area contributed by atoms with Crippen molar-refractivity contribution < 1.29 is 22.3 Å². The van der Waals surface area contributed by atoms with Gasteiger partial charge in [0.1, 0.15) is 16.7 Å². The summed E-state index contributed by atoms with van der Waals surface area (Å²) in [5, 5.41) is 4.00. The molecule has 0 unspecified atom stereocenters. The largest absolute Gasteiger partial charge is 0.437 e. The Kier molecular flexibility index (Phi) is 2.96. The molecule has 1 atom stereocenters. The predicted octanol–water partition coefficient (Wildman–Crippen LogP) is 3.64. The summed E-state index contributed by atoms with van der Waals surface area (Å²) in [6.45, 7) is 11.6. The van der Waals surface area contributed by atoms with Crippen LogP contribution >= 0.6 is 0 Å². The minimum Gasteiger partial charge on any atom is -0.361 e. The van der Waals surface area contributed by atoms with Gasteiger partial charge in [0.25, 0.3) is 17.2 Å². The summed E-state index contributed by atoms with van der Waals surface area (Å²) in [6.07, 6.45) is -4.58. The van der Waals surface area contributed by atoms with Crippen molar-refractivity contribution in [2.75, 3.05) is 0 Å². The molecule has 4 aromatic heterocycles. The molecular formula is C24H15F3N6+2. The third kappa shape index (κ3) is 1.85. The van der Waals surface area contributed by atoms with Crippen LogP contribution in [0.4, 0.5) is 19.0 Å². The van der Waals surface area contributed by atoms with Crippen molar-refractivity contribution in [1.82, 2.24) is 14.8 Å². The average Bonchev–Trinajstić information content (AvgIpc) is 3.43. The van der Waals surface area contributed by atoms with Crippen LogP contribution in [0, 0.1) is 6.57 Å². The van der Waals surface area contributed by atoms with Crippen LogP contribution in [0.2, 0.25) is 0 Å². The Morgan fingerprint density at radius 2 is 1.73 bits per heavy atom. The zero-order valence-corrected chi connectivity index (χ0v) is 17.5. The molecule has 0 bridgehead atoms. The van der Waals surface area contributed by atoms with Gasteiger partial charge in [-0.1, -0.05) is 28.5 Å². The predicted molar refractivity (Wildman–Crippen MR) is 109 cm³/mol. The number of aromatic nitrogens is 5. The van der Waals surface area contributed by atoms with Crippen molar-refractivity contribution in [2.24, 2.45) is 0 Å². The number of pyridine rings is 3. The van der Waals surface area contributed by atoms with E-state index in [-0.39, 0.29) is 5.82 Å². The molecule has 7 rings (SSSR count). The first-order valence-corrected chi connectivity index (χ1v) is 10.4. The lowest BCUT2D eigenvalue weighted by Gasteiger charge is -2.33. The van der Waals surface area contributed by atoms with Gasteiger partial charge in [0.15, 0.2) is 5.69 Å². The van der Waals surface area contributed by atoms with Crippen molar-refractivity contribution in [3.8, 4) is 17.2 Å². The Labute approximate surface area is 186 Å². The molecule has 0 amide bonds. The highest BCUT2D eigenvalue weighted by Crippen LogP contribution is 2.49. The van der Waals surface area contributed by atoms with Crippen molar-refractivity contribution >= 4 is 5.82 Å². The van der Waals surface area contributed by atoms with Gasteiger partial charge in [-0.15, -0.1) is 9.55 Å². The third-order valence-electron chi connectivity index (χ3n) is 7.07. The highest BCUT2D eigenvalue weighted by molar-refractivity contribution is 5.66. The van der Waals surface area contributed by atoms with Gasteiger partial charge in [0.05, 0.1) is 0 Å². The summed E-state index contributed by atoms with van der Waals surface area (Å²) in [5.41, 5.74) is 1.88. The lowest BCUT2D eigenvalue weighted by molar-refractivity contribution is -0.972. The SMILES string of the molecule is [C-]#[N+]c1ccc2c(n1)-c1cccc3[n+]1[C@@]21c2cc(C(F)(F)F)nn2-c2cccc([n+]21)C3(C)C. The number of hydrogen-bond acceptors (Lipinski definition) is 2. The van der Waals surface area contributed by atoms with E-state index in [9.17, 15) is 13.2 Å². The van der Waals surface area contributed by atoms with Gasteiger partial charge in [0.2, 0.25) is 11.4 Å². The molecule has 0 aromatic carbocycles. The minimum absolute atomic E-state index is 0.238. The topological polar surface area (TPSA) is 42.8 Å². The molecule has 0 saturated carbocycles. The fraction of sp³-hybridized carbons (Fsp3) is 0.208. The van der Waals surface area contributed by atoms with Crippen LogP contribution in [0.1, 0.15) is 42.2 Å². The van der Waals surface area contributed by atoms with Crippen molar-refractivity contribution in [2.45, 2.75) is 31.1 Å². The number of hydrogen-bond donors (Lipinski definition) is 0. The molecule has 3 aliphatic rings. The van der Waals surface area contributed by atoms with Crippen LogP contribution < -0.4 is 9.13 Å². The molecule has 160 valence electrons. The second-order valence-corrected chi connectivity index (χ2v) is 9.04. The molecule has 0 fully saturated rings. The molecule has 9 heteroatoms. The number of rotatable bonds is 0. The molecule has 0 radical (unpaired) electrons. The Balaban J connectivity index is 1.74. The monoisotopic (exact) mass is 444 g/mol. The van der Waals surface area contributed by atoms with E-state index in [0.717, 1.165) is 28.7 Å². The highest BCUT2D eigenvalue weighted by atomic mass is 19.4. The Morgan fingerprint density at radius 3 is 2.45 bits per heavy atom. The fourth-order valence-corrected chi connectivity index (χ4v) is 5.79. The Hall–Kier alpha value is -4.06. The molecule has 6 nitrogen and oxygen atoms in total. The molecule has 7 heterocycles. The number of halogens is 3. The van der Waals surface area contributed by atoms with E-state index >= 15 is 0 Å². The number of nitrogens with zero attached hydrogens (tertiary/aromatic N) is 6. The zero-order chi connectivity index (χ0) is 22.9. The van der Waals surface area contributed by atoms with E-state index in [1.165, 1.54) is 4.68 Å². The van der Waals surface area contributed by atoms with Crippen molar-refractivity contribution in [3.63, 3.8) is 0 Å². The lowest BCUT2D eigenvalue weighted by atomic mass is 9.79. The minimum atomic E-state index is -4.58. The van der Waals surface area contributed by atoms with E-state index < -0.39 is 22.9 Å². The first kappa shape index (κ1) is 18.5. The molecule has 33 heavy (non-hydrogen) atoms. The van der Waals surface area contributed by atoms with Gasteiger partial charge in [-0.25, -0.2) is 0 Å². The van der Waals surface area contributed by atoms with Crippen LogP contribution in [-0.4, -0.2) is 14.8 Å². The van der Waals surface area contributed by atoms with Gasteiger partial charge in [-0.2, -0.15) is 17.7 Å². The van der Waals surface area contributed by atoms with E-state index in [4.69, 9.17) is 6.57 Å². The van der Waals surface area contributed by atoms with Gasteiger partial charge in [-0.3, -0.25) is 0 Å². The summed E-state index contributed by atoms with van der Waals surface area (Å²) in [4.78, 5) is 8.09. The normalized spacial score (nSPS) is 20.0. The molecule has 0 saturated heterocycles. The second-order valence-electron chi connectivity index (χ2n) is 9.04. The quantitative estimate of drug-likeness (QED) is 0.265. The maximum atomic E-state index is 13.8. The summed E-state index contributed by atoms with van der Waals surface area (Å²) in [7, 11) is 0. The standard InChI is InChI=1S/C24H15F3N6/c1-22(2)16-7-4-6-14-21-13(10-11-19(28-3)29-21)23(31(14)16)18-12-15(24(25,26)27)30-33(18)20-9-5-8-17(22)32(20)23/h4-12H,1-2H3/q+2/t23-/m0/s1. The fourth-order valence-electron chi connectivity index (χ4n) is 5.79. The summed E-state index contributed by atoms with van der Waals surface area (Å²) >= 11 is 0. The maximum absolute atomic E-state index is 13.8. The average molecular weight is 444 g/mol. The first-order chi connectivity index (χ1) is 15.7. The van der Waals surface area contributed by atoms with E-state index in [0.29, 0.717) is 17.2 Å². The van der Waals surface area contributed by atoms with Crippen LogP contribution in [0.5, 0.6) is 0 Å². The van der Waals surface area contributed by atoms with Crippen LogP contribution in [-0.2, 0) is 17.3 Å². The number of alkyl halides is 3. The van der Waals surface area contributed by atoms with Crippen molar-refractivity contribution in [1.29, 1.82) is 0 Å². The zero-order valence-electron chi connectivity index (χ0n) is 17.5. The molecule has 3 aliphatic heterocycles. The van der Waals surface area contributed by atoms with Gasteiger partial charge in [0, 0.05) is 24.3 Å². The molecular weight excluding hydrogens is 429 g/mol. The van der Waals surface area contributed by atoms with Crippen LogP contribution in [0.3, 0.4) is 0 Å². The highest BCUT2D eigenvalue weighted by Gasteiger charge is 2.74. The van der Waals surface area contributed by atoms with E-state index in [1.54, 1.807) is 12.1 Å². The maximum Gasteiger partial charge on any atom is 0.437 e. The molecule has 0 aliphatic carbocycles. The Morgan fingerprint density at radius 1 is 1.00 bits per heavy atom. The van der Waals surface area contributed by atoms with Crippen LogP contribution in [0.25, 0.3) is 22.1 Å². The van der Waals surface area contributed by atoms with Crippen LogP contribution in [0.15, 0.2) is 54.6 Å². The smallest absolute Gasteiger partial charge is 0.361 e. The third-order valence-corrected chi connectivity index (χ3v) is 7.07. The van der Waals surface area contributed by atoms with Gasteiger partial charge < -0.3 is 4.85 Å². The van der Waals surface area contributed by atoms with Crippen molar-refractivity contribution in [3.05, 3.63) is 94.4 Å². The first-order valence-electron chi connectivity index (χ1n) is 10.4. The summed E-state index contributed by atoms with van der Waals surface area (Å²) in [6, 6.07) is 16.1. The molecule has 0 N–H and O–H groups in total. The second kappa shape index (κ2) is 5.29. The summed E-state index contributed by atoms with van der Waals surface area (Å²) in [5.74, 6) is 0.795. The van der Waals surface area contributed by atoms with Gasteiger partial charge >= 0.3 is 17.7 Å². The lowest BCUT2D eigenvalue weighted by Crippen LogP contribution is -2.79. The number of fused-ring (bicyclic) bond motifs is 4. The van der Waals surface area contributed by atoms with Gasteiger partial charge in [-0.05, 0) is 32.0 Å².